The topological polar surface area (TPSA) is 68.0 Å². The van der Waals surface area contributed by atoms with E-state index in [4.69, 9.17) is 5.73 Å². The lowest BCUT2D eigenvalue weighted by Gasteiger charge is -2.10. The van der Waals surface area contributed by atoms with Crippen molar-refractivity contribution in [2.45, 2.75) is 32.7 Å². The lowest BCUT2D eigenvalue weighted by Crippen LogP contribution is -2.31. The second-order valence-electron chi connectivity index (χ2n) is 3.98. The summed E-state index contributed by atoms with van der Waals surface area (Å²) in [5.74, 6) is 0.139. The molecule has 1 heterocycles. The zero-order valence-corrected chi connectivity index (χ0v) is 9.86. The van der Waals surface area contributed by atoms with Crippen molar-refractivity contribution in [2.24, 2.45) is 0 Å². The summed E-state index contributed by atoms with van der Waals surface area (Å²) in [5, 5.41) is 3.16. The van der Waals surface area contributed by atoms with E-state index < -0.39 is 0 Å². The molecule has 0 radical (unpaired) electrons. The first-order valence-corrected chi connectivity index (χ1v) is 5.57. The molecule has 1 rings (SSSR count). The van der Waals surface area contributed by atoms with Gasteiger partial charge in [0.1, 0.15) is 0 Å². The number of nitrogens with zero attached hydrogens (tertiary/aromatic N) is 1. The van der Waals surface area contributed by atoms with Crippen LogP contribution in [0.2, 0.25) is 0 Å². The summed E-state index contributed by atoms with van der Waals surface area (Å²) in [6.45, 7) is 4.54. The fourth-order valence-corrected chi connectivity index (χ4v) is 1.29. The van der Waals surface area contributed by atoms with Crippen LogP contribution in [0.15, 0.2) is 18.5 Å². The number of nitrogen functional groups attached to an aromatic ring is 1. The van der Waals surface area contributed by atoms with Crippen LogP contribution >= 0.6 is 0 Å². The van der Waals surface area contributed by atoms with Gasteiger partial charge >= 0.3 is 0 Å². The Balaban J connectivity index is 2.43. The molecule has 0 aliphatic rings. The Morgan fingerprint density at radius 1 is 1.62 bits per heavy atom. The highest BCUT2D eigenvalue weighted by Crippen LogP contribution is 2.09. The van der Waals surface area contributed by atoms with Crippen LogP contribution in [-0.2, 0) is 11.2 Å². The first-order chi connectivity index (χ1) is 7.63. The lowest BCUT2D eigenvalue weighted by atomic mass is 10.1. The Kier molecular flexibility index (Phi) is 4.92. The Labute approximate surface area is 96.3 Å². The number of carbonyl (C=O) groups excluding carboxylic acids is 1. The number of aromatic nitrogens is 1. The highest BCUT2D eigenvalue weighted by Gasteiger charge is 2.07. The minimum atomic E-state index is 0.139. The zero-order chi connectivity index (χ0) is 12.0. The number of hydrogen-bond donors (Lipinski definition) is 2. The first-order valence-electron chi connectivity index (χ1n) is 5.57. The molecule has 1 aromatic heterocycles. The average molecular weight is 221 g/mol. The molecule has 0 aromatic carbocycles. The predicted octanol–water partition coefficient (Wildman–Crippen LogP) is 1.16. The summed E-state index contributed by atoms with van der Waals surface area (Å²) < 4.78 is 0. The number of hydrogen-bond acceptors (Lipinski definition) is 4. The minimum Gasteiger partial charge on any atom is -0.398 e. The van der Waals surface area contributed by atoms with Crippen LogP contribution in [0.4, 0.5) is 5.69 Å². The van der Waals surface area contributed by atoms with Crippen LogP contribution in [0, 0.1) is 0 Å². The third-order valence-electron chi connectivity index (χ3n) is 2.59. The van der Waals surface area contributed by atoms with Gasteiger partial charge in [-0.25, -0.2) is 0 Å². The summed E-state index contributed by atoms with van der Waals surface area (Å²) in [4.78, 5) is 15.6. The smallest absolute Gasteiger partial charge is 0.151 e. The standard InChI is InChI=1S/C12H19N3O/c1-3-9(2)15-8-11(16)6-10-7-14-5-4-12(10)13/h4-5,7,9,15H,3,6,8H2,1-2H3,(H2,13,14). The molecule has 88 valence electrons. The number of Topliss-reactive ketones (excluding diaryl/α,β-unsaturated/α-hetero) is 1. The van der Waals surface area contributed by atoms with E-state index in [-0.39, 0.29) is 5.78 Å². The number of rotatable bonds is 6. The molecular weight excluding hydrogens is 202 g/mol. The predicted molar refractivity (Wildman–Crippen MR) is 65.1 cm³/mol. The fraction of sp³-hybridized carbons (Fsp3) is 0.500. The summed E-state index contributed by atoms with van der Waals surface area (Å²) >= 11 is 0. The van der Waals surface area contributed by atoms with Gasteiger partial charge in [-0.1, -0.05) is 6.92 Å². The van der Waals surface area contributed by atoms with Crippen molar-refractivity contribution in [1.29, 1.82) is 0 Å². The largest absolute Gasteiger partial charge is 0.398 e. The van der Waals surface area contributed by atoms with Crippen LogP contribution in [0.25, 0.3) is 0 Å². The number of carbonyl (C=O) groups is 1. The second-order valence-corrected chi connectivity index (χ2v) is 3.98. The summed E-state index contributed by atoms with van der Waals surface area (Å²) in [6.07, 6.45) is 4.64. The molecule has 0 aliphatic heterocycles. The van der Waals surface area contributed by atoms with Gasteiger partial charge in [0, 0.05) is 36.1 Å². The molecule has 0 fully saturated rings. The summed E-state index contributed by atoms with van der Waals surface area (Å²) in [7, 11) is 0. The van der Waals surface area contributed by atoms with Gasteiger partial charge in [-0.05, 0) is 19.4 Å². The Hall–Kier alpha value is -1.42. The van der Waals surface area contributed by atoms with Crippen LogP contribution in [0.3, 0.4) is 0 Å². The highest BCUT2D eigenvalue weighted by molar-refractivity contribution is 5.83. The highest BCUT2D eigenvalue weighted by atomic mass is 16.1. The Bertz CT molecular complexity index is 352. The third-order valence-corrected chi connectivity index (χ3v) is 2.59. The molecule has 0 saturated heterocycles. The zero-order valence-electron chi connectivity index (χ0n) is 9.86. The van der Waals surface area contributed by atoms with E-state index in [1.54, 1.807) is 18.5 Å². The van der Waals surface area contributed by atoms with E-state index in [1.165, 1.54) is 0 Å². The second kappa shape index (κ2) is 6.23. The summed E-state index contributed by atoms with van der Waals surface area (Å²) in [5.41, 5.74) is 7.17. The Morgan fingerprint density at radius 3 is 3.00 bits per heavy atom. The maximum absolute atomic E-state index is 11.6. The molecule has 0 amide bonds. The number of ketones is 1. The average Bonchev–Trinajstić information content (AvgIpc) is 2.29. The molecule has 4 nitrogen and oxygen atoms in total. The monoisotopic (exact) mass is 221 g/mol. The van der Waals surface area contributed by atoms with Gasteiger partial charge in [-0.3, -0.25) is 9.78 Å². The maximum Gasteiger partial charge on any atom is 0.151 e. The molecule has 0 aliphatic carbocycles. The first kappa shape index (κ1) is 12.6. The molecule has 3 N–H and O–H groups in total. The number of anilines is 1. The number of nitrogens with one attached hydrogen (secondary N) is 1. The van der Waals surface area contributed by atoms with Crippen LogP contribution in [-0.4, -0.2) is 23.4 Å². The van der Waals surface area contributed by atoms with Gasteiger partial charge in [0.05, 0.1) is 6.54 Å². The van der Waals surface area contributed by atoms with Crippen LogP contribution in [0.5, 0.6) is 0 Å². The van der Waals surface area contributed by atoms with E-state index in [0.29, 0.717) is 24.7 Å². The van der Waals surface area contributed by atoms with Gasteiger partial charge in [0.25, 0.3) is 0 Å². The molecule has 0 spiro atoms. The van der Waals surface area contributed by atoms with E-state index in [9.17, 15) is 4.79 Å². The van der Waals surface area contributed by atoms with E-state index >= 15 is 0 Å². The molecule has 1 aromatic rings. The van der Waals surface area contributed by atoms with Crippen LogP contribution < -0.4 is 11.1 Å². The van der Waals surface area contributed by atoms with Crippen molar-refractivity contribution in [1.82, 2.24) is 10.3 Å². The van der Waals surface area contributed by atoms with Crippen molar-refractivity contribution >= 4 is 11.5 Å². The molecule has 1 atom stereocenters. The van der Waals surface area contributed by atoms with Crippen molar-refractivity contribution in [3.05, 3.63) is 24.0 Å². The van der Waals surface area contributed by atoms with Gasteiger partial charge < -0.3 is 11.1 Å². The quantitative estimate of drug-likeness (QED) is 0.756. The van der Waals surface area contributed by atoms with Gasteiger partial charge in [0.15, 0.2) is 5.78 Å². The molecule has 0 saturated carbocycles. The van der Waals surface area contributed by atoms with Crippen molar-refractivity contribution in [3.63, 3.8) is 0 Å². The van der Waals surface area contributed by atoms with E-state index in [0.717, 1.165) is 12.0 Å². The van der Waals surface area contributed by atoms with Crippen molar-refractivity contribution < 1.29 is 4.79 Å². The molecule has 0 bridgehead atoms. The number of pyridine rings is 1. The lowest BCUT2D eigenvalue weighted by molar-refractivity contribution is -0.117. The van der Waals surface area contributed by atoms with Crippen LogP contribution in [0.1, 0.15) is 25.8 Å². The molecule has 4 heteroatoms. The Morgan fingerprint density at radius 2 is 2.38 bits per heavy atom. The molecular formula is C12H19N3O. The van der Waals surface area contributed by atoms with Crippen molar-refractivity contribution in [3.8, 4) is 0 Å². The van der Waals surface area contributed by atoms with Gasteiger partial charge in [-0.2, -0.15) is 0 Å². The fourth-order valence-electron chi connectivity index (χ4n) is 1.29. The number of nitrogens with two attached hydrogens (primary N) is 1. The van der Waals surface area contributed by atoms with E-state index in [2.05, 4.69) is 24.1 Å². The van der Waals surface area contributed by atoms with E-state index in [1.807, 2.05) is 0 Å². The van der Waals surface area contributed by atoms with Gasteiger partial charge in [0.2, 0.25) is 0 Å². The molecule has 1 unspecified atom stereocenters. The summed E-state index contributed by atoms with van der Waals surface area (Å²) in [6, 6.07) is 2.08. The van der Waals surface area contributed by atoms with Crippen molar-refractivity contribution in [2.75, 3.05) is 12.3 Å². The minimum absolute atomic E-state index is 0.139. The van der Waals surface area contributed by atoms with Gasteiger partial charge in [-0.15, -0.1) is 0 Å². The maximum atomic E-state index is 11.6. The third kappa shape index (κ3) is 3.98. The normalized spacial score (nSPS) is 12.4. The SMILES string of the molecule is CCC(C)NCC(=O)Cc1cnccc1N. The molecule has 16 heavy (non-hydrogen) atoms.